The van der Waals surface area contributed by atoms with Gasteiger partial charge < -0.3 is 10.1 Å². The second-order valence-corrected chi connectivity index (χ2v) is 6.46. The standard InChI is InChI=1S/C17H23NOS/c1-5-10-18-17(15-11-12(2)20-13(15)3)14-8-6-7-9-16(14)19-4/h6-9,11,17-18H,5,10H2,1-4H3. The van der Waals surface area contributed by atoms with Crippen LogP contribution in [-0.2, 0) is 0 Å². The molecule has 3 heteroatoms. The van der Waals surface area contributed by atoms with Crippen molar-refractivity contribution in [2.45, 2.75) is 33.2 Å². The predicted molar refractivity (Wildman–Crippen MR) is 86.9 cm³/mol. The number of hydrogen-bond donors (Lipinski definition) is 1. The Balaban J connectivity index is 2.44. The largest absolute Gasteiger partial charge is 0.496 e. The topological polar surface area (TPSA) is 21.3 Å². The number of ether oxygens (including phenoxy) is 1. The summed E-state index contributed by atoms with van der Waals surface area (Å²) in [6, 6.07) is 10.8. The fourth-order valence-electron chi connectivity index (χ4n) is 2.52. The van der Waals surface area contributed by atoms with Crippen molar-refractivity contribution < 1.29 is 4.74 Å². The molecule has 0 saturated heterocycles. The zero-order chi connectivity index (χ0) is 14.5. The lowest BCUT2D eigenvalue weighted by Gasteiger charge is -2.21. The average Bonchev–Trinajstić information content (AvgIpc) is 2.79. The first-order chi connectivity index (χ1) is 9.67. The van der Waals surface area contributed by atoms with Gasteiger partial charge in [-0.05, 0) is 44.5 Å². The van der Waals surface area contributed by atoms with E-state index >= 15 is 0 Å². The molecule has 2 rings (SSSR count). The minimum absolute atomic E-state index is 0.205. The van der Waals surface area contributed by atoms with Crippen molar-refractivity contribution in [3.63, 3.8) is 0 Å². The van der Waals surface area contributed by atoms with Crippen molar-refractivity contribution in [3.8, 4) is 5.75 Å². The number of aryl methyl sites for hydroxylation is 2. The molecule has 20 heavy (non-hydrogen) atoms. The first-order valence-electron chi connectivity index (χ1n) is 7.10. The molecule has 108 valence electrons. The summed E-state index contributed by atoms with van der Waals surface area (Å²) in [5.74, 6) is 0.948. The molecule has 0 bridgehead atoms. The molecular formula is C17H23NOS. The molecule has 1 heterocycles. The molecule has 1 aromatic heterocycles. The smallest absolute Gasteiger partial charge is 0.123 e. The highest BCUT2D eigenvalue weighted by Gasteiger charge is 2.20. The zero-order valence-electron chi connectivity index (χ0n) is 12.7. The van der Waals surface area contributed by atoms with E-state index in [2.05, 4.69) is 44.3 Å². The summed E-state index contributed by atoms with van der Waals surface area (Å²) < 4.78 is 5.54. The Kier molecular flexibility index (Phi) is 5.21. The van der Waals surface area contributed by atoms with Crippen molar-refractivity contribution in [1.29, 1.82) is 0 Å². The molecule has 0 aliphatic carbocycles. The van der Waals surface area contributed by atoms with Crippen LogP contribution in [0.2, 0.25) is 0 Å². The monoisotopic (exact) mass is 289 g/mol. The molecule has 0 aliphatic rings. The lowest BCUT2D eigenvalue weighted by atomic mass is 9.98. The molecule has 1 unspecified atom stereocenters. The third-order valence-electron chi connectivity index (χ3n) is 3.44. The number of thiophene rings is 1. The normalized spacial score (nSPS) is 12.4. The van der Waals surface area contributed by atoms with Crippen LogP contribution in [0.3, 0.4) is 0 Å². The first-order valence-corrected chi connectivity index (χ1v) is 7.92. The Morgan fingerprint density at radius 3 is 2.55 bits per heavy atom. The highest BCUT2D eigenvalue weighted by molar-refractivity contribution is 7.12. The number of benzene rings is 1. The fourth-order valence-corrected chi connectivity index (χ4v) is 3.48. The summed E-state index contributed by atoms with van der Waals surface area (Å²) in [6.07, 6.45) is 1.12. The number of methoxy groups -OCH3 is 1. The Morgan fingerprint density at radius 1 is 1.20 bits per heavy atom. The van der Waals surface area contributed by atoms with Gasteiger partial charge in [0.15, 0.2) is 0 Å². The van der Waals surface area contributed by atoms with Gasteiger partial charge in [0.1, 0.15) is 5.75 Å². The Hall–Kier alpha value is -1.32. The maximum atomic E-state index is 5.54. The van der Waals surface area contributed by atoms with Crippen molar-refractivity contribution in [3.05, 3.63) is 51.2 Å². The average molecular weight is 289 g/mol. The first kappa shape index (κ1) is 15.1. The van der Waals surface area contributed by atoms with E-state index in [1.54, 1.807) is 7.11 Å². The van der Waals surface area contributed by atoms with E-state index in [0.717, 1.165) is 18.7 Å². The van der Waals surface area contributed by atoms with Crippen LogP contribution in [-0.4, -0.2) is 13.7 Å². The molecule has 0 spiro atoms. The van der Waals surface area contributed by atoms with E-state index < -0.39 is 0 Å². The van der Waals surface area contributed by atoms with Gasteiger partial charge >= 0.3 is 0 Å². The summed E-state index contributed by atoms with van der Waals surface area (Å²) in [4.78, 5) is 2.73. The van der Waals surface area contributed by atoms with Gasteiger partial charge in [0.2, 0.25) is 0 Å². The zero-order valence-corrected chi connectivity index (χ0v) is 13.5. The predicted octanol–water partition coefficient (Wildman–Crippen LogP) is 4.46. The third-order valence-corrected chi connectivity index (χ3v) is 4.42. The Labute approximate surface area is 125 Å². The van der Waals surface area contributed by atoms with Crippen molar-refractivity contribution in [2.75, 3.05) is 13.7 Å². The fraction of sp³-hybridized carbons (Fsp3) is 0.412. The van der Waals surface area contributed by atoms with Crippen LogP contribution in [0.5, 0.6) is 5.75 Å². The van der Waals surface area contributed by atoms with Crippen molar-refractivity contribution >= 4 is 11.3 Å². The summed E-state index contributed by atoms with van der Waals surface area (Å²) in [6.45, 7) is 7.55. The SMILES string of the molecule is CCCNC(c1ccccc1OC)c1cc(C)sc1C. The summed E-state index contributed by atoms with van der Waals surface area (Å²) in [7, 11) is 1.74. The van der Waals surface area contributed by atoms with Gasteiger partial charge in [0, 0.05) is 15.3 Å². The van der Waals surface area contributed by atoms with Crippen molar-refractivity contribution in [2.24, 2.45) is 0 Å². The lowest BCUT2D eigenvalue weighted by Crippen LogP contribution is -2.23. The summed E-state index contributed by atoms with van der Waals surface area (Å²) in [5, 5.41) is 3.66. The van der Waals surface area contributed by atoms with Crippen LogP contribution < -0.4 is 10.1 Å². The minimum Gasteiger partial charge on any atom is -0.496 e. The van der Waals surface area contributed by atoms with E-state index in [9.17, 15) is 0 Å². The number of hydrogen-bond acceptors (Lipinski definition) is 3. The molecule has 0 radical (unpaired) electrons. The highest BCUT2D eigenvalue weighted by atomic mass is 32.1. The third kappa shape index (κ3) is 3.22. The molecule has 0 fully saturated rings. The Morgan fingerprint density at radius 2 is 1.95 bits per heavy atom. The van der Waals surface area contributed by atoms with Crippen LogP contribution in [0.15, 0.2) is 30.3 Å². The molecule has 1 aromatic carbocycles. The Bertz CT molecular complexity index is 562. The molecule has 0 aliphatic heterocycles. The minimum atomic E-state index is 0.205. The van der Waals surface area contributed by atoms with Gasteiger partial charge in [-0.25, -0.2) is 0 Å². The molecule has 0 saturated carbocycles. The molecule has 1 N–H and O–H groups in total. The summed E-state index contributed by atoms with van der Waals surface area (Å²) in [5.41, 5.74) is 2.58. The second-order valence-electron chi connectivity index (χ2n) is 5.00. The van der Waals surface area contributed by atoms with Crippen LogP contribution in [0.4, 0.5) is 0 Å². The lowest BCUT2D eigenvalue weighted by molar-refractivity contribution is 0.404. The van der Waals surface area contributed by atoms with Crippen LogP contribution >= 0.6 is 11.3 Å². The number of nitrogens with one attached hydrogen (secondary N) is 1. The van der Waals surface area contributed by atoms with Crippen LogP contribution in [0.25, 0.3) is 0 Å². The molecular weight excluding hydrogens is 266 g/mol. The van der Waals surface area contributed by atoms with Crippen LogP contribution in [0, 0.1) is 13.8 Å². The molecule has 0 amide bonds. The van der Waals surface area contributed by atoms with Gasteiger partial charge in [-0.2, -0.15) is 0 Å². The van der Waals surface area contributed by atoms with E-state index in [1.165, 1.54) is 20.9 Å². The van der Waals surface area contributed by atoms with Gasteiger partial charge in [0.25, 0.3) is 0 Å². The van der Waals surface area contributed by atoms with E-state index in [-0.39, 0.29) is 6.04 Å². The van der Waals surface area contributed by atoms with Gasteiger partial charge in [-0.1, -0.05) is 25.1 Å². The highest BCUT2D eigenvalue weighted by Crippen LogP contribution is 2.34. The maximum Gasteiger partial charge on any atom is 0.123 e. The van der Waals surface area contributed by atoms with Gasteiger partial charge in [-0.15, -0.1) is 11.3 Å². The number of para-hydroxylation sites is 1. The molecule has 1 atom stereocenters. The number of rotatable bonds is 6. The van der Waals surface area contributed by atoms with Crippen LogP contribution in [0.1, 0.15) is 40.3 Å². The summed E-state index contributed by atoms with van der Waals surface area (Å²) >= 11 is 1.86. The van der Waals surface area contributed by atoms with E-state index in [0.29, 0.717) is 0 Å². The van der Waals surface area contributed by atoms with E-state index in [4.69, 9.17) is 4.74 Å². The quantitative estimate of drug-likeness (QED) is 0.847. The van der Waals surface area contributed by atoms with Gasteiger partial charge in [0.05, 0.1) is 13.2 Å². The molecule has 2 aromatic rings. The van der Waals surface area contributed by atoms with Crippen molar-refractivity contribution in [1.82, 2.24) is 5.32 Å². The molecule has 2 nitrogen and oxygen atoms in total. The second kappa shape index (κ2) is 6.91. The maximum absolute atomic E-state index is 5.54. The van der Waals surface area contributed by atoms with Gasteiger partial charge in [-0.3, -0.25) is 0 Å². The van der Waals surface area contributed by atoms with E-state index in [1.807, 2.05) is 23.5 Å².